The molecule has 0 unspecified atom stereocenters. The minimum absolute atomic E-state index is 0.0750. The van der Waals surface area contributed by atoms with Crippen LogP contribution in [0, 0.1) is 0 Å². The molecule has 0 amide bonds. The smallest absolute Gasteiger partial charge is 0.336 e. The Bertz CT molecular complexity index is 1170. The highest BCUT2D eigenvalue weighted by atomic mass is 19.1. The molecule has 2 aromatic carbocycles. The molecule has 0 saturated heterocycles. The summed E-state index contributed by atoms with van der Waals surface area (Å²) in [6, 6.07) is 14.8. The van der Waals surface area contributed by atoms with Gasteiger partial charge >= 0.3 is 5.97 Å². The number of nitrogens with one attached hydrogen (secondary N) is 1. The summed E-state index contributed by atoms with van der Waals surface area (Å²) in [6.45, 7) is -0.888. The van der Waals surface area contributed by atoms with E-state index >= 15 is 0 Å². The third-order valence-corrected chi connectivity index (χ3v) is 4.28. The molecule has 0 aliphatic heterocycles. The van der Waals surface area contributed by atoms with Crippen molar-refractivity contribution in [2.75, 3.05) is 5.32 Å². The molecule has 0 fully saturated rings. The van der Waals surface area contributed by atoms with Gasteiger partial charge in [-0.05, 0) is 53.6 Å². The van der Waals surface area contributed by atoms with E-state index in [2.05, 4.69) is 15.4 Å². The highest BCUT2D eigenvalue weighted by molar-refractivity contribution is 5.90. The number of alkyl halides is 1. The number of aromatic nitrogens is 3. The van der Waals surface area contributed by atoms with Crippen LogP contribution < -0.4 is 5.32 Å². The Morgan fingerprint density at radius 2 is 1.93 bits per heavy atom. The van der Waals surface area contributed by atoms with Crippen LogP contribution >= 0.6 is 0 Å². The van der Waals surface area contributed by atoms with E-state index in [-0.39, 0.29) is 16.9 Å². The van der Waals surface area contributed by atoms with Gasteiger partial charge in [0.25, 0.3) is 0 Å². The summed E-state index contributed by atoms with van der Waals surface area (Å²) in [5, 5.41) is 25.9. The second kappa shape index (κ2) is 6.99. The van der Waals surface area contributed by atoms with Gasteiger partial charge in [0.1, 0.15) is 12.4 Å². The largest absolute Gasteiger partial charge is 0.508 e. The molecular formula is C20H15FN4O3. The van der Waals surface area contributed by atoms with E-state index in [4.69, 9.17) is 5.11 Å². The van der Waals surface area contributed by atoms with Crippen LogP contribution in [0.1, 0.15) is 15.9 Å². The fourth-order valence-corrected chi connectivity index (χ4v) is 2.95. The first-order valence-electron chi connectivity index (χ1n) is 8.39. The number of carbonyl (C=O) groups is 1. The van der Waals surface area contributed by atoms with E-state index in [0.717, 1.165) is 11.1 Å². The number of halogens is 1. The zero-order valence-electron chi connectivity index (χ0n) is 14.5. The Morgan fingerprint density at radius 1 is 1.14 bits per heavy atom. The van der Waals surface area contributed by atoms with Gasteiger partial charge in [0.05, 0.1) is 5.56 Å². The van der Waals surface area contributed by atoms with E-state index in [1.165, 1.54) is 18.2 Å². The number of nitrogens with zero attached hydrogens (tertiary/aromatic N) is 3. The van der Waals surface area contributed by atoms with Gasteiger partial charge in [0, 0.05) is 17.4 Å². The number of rotatable bonds is 5. The zero-order chi connectivity index (χ0) is 19.7. The highest BCUT2D eigenvalue weighted by Crippen LogP contribution is 2.27. The van der Waals surface area contributed by atoms with E-state index in [0.29, 0.717) is 17.3 Å². The third kappa shape index (κ3) is 3.23. The predicted octanol–water partition coefficient (Wildman–Crippen LogP) is 4.01. The molecule has 28 heavy (non-hydrogen) atoms. The van der Waals surface area contributed by atoms with Crippen LogP contribution in [-0.2, 0) is 6.67 Å². The van der Waals surface area contributed by atoms with E-state index < -0.39 is 12.6 Å². The number of fused-ring (bicyclic) bond motifs is 1. The lowest BCUT2D eigenvalue weighted by Gasteiger charge is -2.06. The molecule has 140 valence electrons. The van der Waals surface area contributed by atoms with Gasteiger partial charge in [-0.15, -0.1) is 5.10 Å². The summed E-state index contributed by atoms with van der Waals surface area (Å²) >= 11 is 0. The van der Waals surface area contributed by atoms with Crippen molar-refractivity contribution in [1.29, 1.82) is 0 Å². The molecule has 0 aliphatic carbocycles. The number of hydrogen-bond donors (Lipinski definition) is 3. The van der Waals surface area contributed by atoms with Crippen LogP contribution in [0.15, 0.2) is 60.8 Å². The van der Waals surface area contributed by atoms with E-state index in [1.54, 1.807) is 35.0 Å². The van der Waals surface area contributed by atoms with E-state index in [9.17, 15) is 14.3 Å². The molecule has 0 radical (unpaired) electrons. The van der Waals surface area contributed by atoms with Crippen molar-refractivity contribution in [3.63, 3.8) is 0 Å². The summed E-state index contributed by atoms with van der Waals surface area (Å²) in [5.41, 5.74) is 2.78. The molecule has 0 aliphatic rings. The first-order valence-corrected chi connectivity index (χ1v) is 8.39. The minimum Gasteiger partial charge on any atom is -0.508 e. The van der Waals surface area contributed by atoms with Crippen LogP contribution in [0.5, 0.6) is 5.75 Å². The predicted molar refractivity (Wildman–Crippen MR) is 102 cm³/mol. The number of anilines is 2. The molecular weight excluding hydrogens is 363 g/mol. The van der Waals surface area contributed by atoms with Crippen molar-refractivity contribution in [3.05, 3.63) is 71.9 Å². The number of phenols is 1. The van der Waals surface area contributed by atoms with Gasteiger partial charge in [0.15, 0.2) is 5.65 Å². The average Bonchev–Trinajstić information content (AvgIpc) is 3.10. The van der Waals surface area contributed by atoms with Crippen LogP contribution in [-0.4, -0.2) is 30.8 Å². The SMILES string of the molecule is O=C(O)c1ccc(Nc2nc3c(-c4ccc(O)cc4)cccn3n2)cc1CF. The van der Waals surface area contributed by atoms with Gasteiger partial charge in [0.2, 0.25) is 5.95 Å². The Kier molecular flexibility index (Phi) is 4.36. The van der Waals surface area contributed by atoms with Crippen molar-refractivity contribution in [2.24, 2.45) is 0 Å². The fourth-order valence-electron chi connectivity index (χ4n) is 2.95. The van der Waals surface area contributed by atoms with Crippen molar-refractivity contribution in [3.8, 4) is 16.9 Å². The van der Waals surface area contributed by atoms with Crippen molar-refractivity contribution >= 4 is 23.3 Å². The van der Waals surface area contributed by atoms with Gasteiger partial charge < -0.3 is 15.5 Å². The summed E-state index contributed by atoms with van der Waals surface area (Å²) < 4.78 is 14.8. The van der Waals surface area contributed by atoms with E-state index in [1.807, 2.05) is 12.1 Å². The highest BCUT2D eigenvalue weighted by Gasteiger charge is 2.13. The Labute approximate surface area is 158 Å². The Hall–Kier alpha value is -3.94. The number of benzene rings is 2. The van der Waals surface area contributed by atoms with Gasteiger partial charge in [-0.25, -0.2) is 13.7 Å². The fraction of sp³-hybridized carbons (Fsp3) is 0.0500. The van der Waals surface area contributed by atoms with Crippen LogP contribution in [0.2, 0.25) is 0 Å². The number of carboxylic acid groups (broad SMARTS) is 1. The quantitative estimate of drug-likeness (QED) is 0.485. The molecule has 2 heterocycles. The van der Waals surface area contributed by atoms with Gasteiger partial charge in [-0.3, -0.25) is 0 Å². The number of pyridine rings is 1. The number of phenolic OH excluding ortho intramolecular Hbond substituents is 1. The Morgan fingerprint density at radius 3 is 2.64 bits per heavy atom. The molecule has 7 nitrogen and oxygen atoms in total. The number of carboxylic acids is 1. The van der Waals surface area contributed by atoms with Gasteiger partial charge in [-0.1, -0.05) is 12.1 Å². The number of aromatic hydroxyl groups is 1. The second-order valence-electron chi connectivity index (χ2n) is 6.11. The van der Waals surface area contributed by atoms with Crippen molar-refractivity contribution in [1.82, 2.24) is 14.6 Å². The third-order valence-electron chi connectivity index (χ3n) is 4.28. The summed E-state index contributed by atoms with van der Waals surface area (Å²) in [5.74, 6) is -0.712. The Balaban J connectivity index is 1.70. The molecule has 0 atom stereocenters. The number of aromatic carboxylic acids is 1. The second-order valence-corrected chi connectivity index (χ2v) is 6.11. The molecule has 0 saturated carbocycles. The lowest BCUT2D eigenvalue weighted by atomic mass is 10.1. The topological polar surface area (TPSA) is 99.8 Å². The van der Waals surface area contributed by atoms with Crippen LogP contribution in [0.25, 0.3) is 16.8 Å². The first-order chi connectivity index (χ1) is 13.5. The van der Waals surface area contributed by atoms with Crippen LogP contribution in [0.4, 0.5) is 16.0 Å². The standard InChI is InChI=1S/C20H15FN4O3/c21-11-13-10-14(5-8-17(13)19(27)28)22-20-23-18-16(2-1-9-25(18)24-20)12-3-6-15(26)7-4-12/h1-10,26H,11H2,(H,22,24)(H,27,28). The lowest BCUT2D eigenvalue weighted by Crippen LogP contribution is -2.02. The monoisotopic (exact) mass is 378 g/mol. The maximum atomic E-state index is 13.2. The maximum Gasteiger partial charge on any atom is 0.336 e. The van der Waals surface area contributed by atoms with Crippen molar-refractivity contribution < 1.29 is 19.4 Å². The molecule has 4 aromatic rings. The molecule has 4 rings (SSSR count). The molecule has 8 heteroatoms. The minimum atomic E-state index is -1.18. The summed E-state index contributed by atoms with van der Waals surface area (Å²) in [4.78, 5) is 15.6. The van der Waals surface area contributed by atoms with Crippen molar-refractivity contribution in [2.45, 2.75) is 6.67 Å². The summed E-state index contributed by atoms with van der Waals surface area (Å²) in [6.07, 6.45) is 1.75. The van der Waals surface area contributed by atoms with Crippen LogP contribution in [0.3, 0.4) is 0 Å². The normalized spacial score (nSPS) is 10.9. The molecule has 0 bridgehead atoms. The van der Waals surface area contributed by atoms with Gasteiger partial charge in [-0.2, -0.15) is 4.98 Å². The average molecular weight is 378 g/mol. The number of hydrogen-bond acceptors (Lipinski definition) is 5. The molecule has 3 N–H and O–H groups in total. The zero-order valence-corrected chi connectivity index (χ0v) is 14.5. The lowest BCUT2D eigenvalue weighted by molar-refractivity contribution is 0.0695. The summed E-state index contributed by atoms with van der Waals surface area (Å²) in [7, 11) is 0. The molecule has 0 spiro atoms. The molecule has 2 aromatic heterocycles. The maximum absolute atomic E-state index is 13.2. The first kappa shape index (κ1) is 17.5.